The number of unbranched alkanes of at least 4 members (excludes halogenated alkanes) is 8. The molecule has 0 fully saturated rings. The average molecular weight is 779 g/mol. The summed E-state index contributed by atoms with van der Waals surface area (Å²) in [5.74, 6) is -1.12. The number of phosphoric acid groups is 1. The lowest BCUT2D eigenvalue weighted by molar-refractivity contribution is -0.153. The maximum absolute atomic E-state index is 12.3. The second-order valence-electron chi connectivity index (χ2n) is 12.9. The second-order valence-corrected chi connectivity index (χ2v) is 14.3. The largest absolute Gasteiger partial charge is 0.472 e. The predicted molar refractivity (Wildman–Crippen MR) is 219 cm³/mol. The highest BCUT2D eigenvalue weighted by atomic mass is 31.2. The fourth-order valence-electron chi connectivity index (χ4n) is 4.78. The molecule has 0 radical (unpaired) electrons. The van der Waals surface area contributed by atoms with E-state index in [9.17, 15) is 29.3 Å². The van der Waals surface area contributed by atoms with E-state index in [0.29, 0.717) is 12.8 Å². The molecule has 0 spiro atoms. The van der Waals surface area contributed by atoms with Gasteiger partial charge >= 0.3 is 19.8 Å². The maximum atomic E-state index is 12.3. The number of aliphatic hydroxyl groups is 2. The molecule has 0 aliphatic carbocycles. The van der Waals surface area contributed by atoms with Crippen LogP contribution >= 0.6 is 7.82 Å². The Morgan fingerprint density at radius 2 is 0.907 bits per heavy atom. The first kappa shape index (κ1) is 51.1. The van der Waals surface area contributed by atoms with Crippen molar-refractivity contribution in [1.82, 2.24) is 0 Å². The van der Waals surface area contributed by atoms with E-state index in [4.69, 9.17) is 18.5 Å². The topological polar surface area (TPSA) is 149 Å². The van der Waals surface area contributed by atoms with Crippen molar-refractivity contribution in [2.75, 3.05) is 26.4 Å². The van der Waals surface area contributed by atoms with Gasteiger partial charge in [-0.1, -0.05) is 131 Å². The number of aliphatic hydroxyl groups excluding tert-OH is 2. The van der Waals surface area contributed by atoms with E-state index in [-0.39, 0.29) is 12.8 Å². The third-order valence-electron chi connectivity index (χ3n) is 7.86. The number of hydrogen-bond acceptors (Lipinski definition) is 9. The van der Waals surface area contributed by atoms with E-state index >= 15 is 0 Å². The minimum atomic E-state index is -4.66. The van der Waals surface area contributed by atoms with Crippen LogP contribution in [0.4, 0.5) is 0 Å². The molecule has 0 aliphatic heterocycles. The van der Waals surface area contributed by atoms with E-state index in [1.54, 1.807) is 0 Å². The summed E-state index contributed by atoms with van der Waals surface area (Å²) >= 11 is 0. The minimum absolute atomic E-state index is 0.0619. The van der Waals surface area contributed by atoms with Gasteiger partial charge in [0, 0.05) is 12.8 Å². The van der Waals surface area contributed by atoms with Crippen molar-refractivity contribution in [3.8, 4) is 0 Å². The first-order valence-electron chi connectivity index (χ1n) is 20.0. The standard InChI is InChI=1S/C43H71O10P/c1-3-5-7-9-11-13-15-17-18-19-20-21-22-23-25-27-29-31-33-35-43(47)53-41(37-45)39-51-54(48,49)50-38-40(36-44)52-42(46)34-32-30-28-26-24-16-14-12-10-8-6-4-2/h5,7,11-14,17-18,20-21,23,25,29,31,40-41,44-45H,3-4,6,8-10,15-16,19,22,24,26-28,30,32-39H2,1-2H3,(H,48,49)/b7-5-,13-11-,14-12-,18-17-,21-20-,25-23-,31-29-. The van der Waals surface area contributed by atoms with Crippen molar-refractivity contribution in [2.45, 2.75) is 148 Å². The van der Waals surface area contributed by atoms with Gasteiger partial charge in [-0.05, 0) is 77.0 Å². The molecule has 0 aromatic rings. The smallest absolute Gasteiger partial charge is 0.457 e. The van der Waals surface area contributed by atoms with Gasteiger partial charge in [0.25, 0.3) is 0 Å². The van der Waals surface area contributed by atoms with Crippen LogP contribution in [-0.2, 0) is 32.7 Å². The number of phosphoric ester groups is 1. The Bertz CT molecular complexity index is 1170. The number of ether oxygens (including phenoxy) is 2. The lowest BCUT2D eigenvalue weighted by atomic mass is 10.1. The van der Waals surface area contributed by atoms with Crippen LogP contribution in [0.1, 0.15) is 136 Å². The monoisotopic (exact) mass is 778 g/mol. The Morgan fingerprint density at radius 3 is 1.37 bits per heavy atom. The van der Waals surface area contributed by atoms with Crippen LogP contribution in [-0.4, -0.2) is 65.7 Å². The zero-order chi connectivity index (χ0) is 39.8. The van der Waals surface area contributed by atoms with Crippen molar-refractivity contribution < 1.29 is 47.8 Å². The van der Waals surface area contributed by atoms with Crippen LogP contribution in [0, 0.1) is 0 Å². The Balaban J connectivity index is 4.10. The predicted octanol–water partition coefficient (Wildman–Crippen LogP) is 10.3. The van der Waals surface area contributed by atoms with Gasteiger partial charge in [-0.15, -0.1) is 0 Å². The fraction of sp³-hybridized carbons (Fsp3) is 0.628. The molecule has 0 aliphatic rings. The molecule has 0 aromatic carbocycles. The quantitative estimate of drug-likeness (QED) is 0.0243. The molecule has 0 aromatic heterocycles. The lowest BCUT2D eigenvalue weighted by Gasteiger charge is -2.20. The lowest BCUT2D eigenvalue weighted by Crippen LogP contribution is -2.28. The molecule has 0 saturated carbocycles. The third-order valence-corrected chi connectivity index (χ3v) is 8.81. The summed E-state index contributed by atoms with van der Waals surface area (Å²) < 4.78 is 32.4. The van der Waals surface area contributed by atoms with Gasteiger partial charge in [-0.3, -0.25) is 18.6 Å². The van der Waals surface area contributed by atoms with Gasteiger partial charge in [-0.2, -0.15) is 0 Å². The van der Waals surface area contributed by atoms with Gasteiger partial charge in [0.2, 0.25) is 0 Å². The highest BCUT2D eigenvalue weighted by molar-refractivity contribution is 7.47. The maximum Gasteiger partial charge on any atom is 0.472 e. The van der Waals surface area contributed by atoms with Crippen molar-refractivity contribution in [2.24, 2.45) is 0 Å². The second kappa shape index (κ2) is 38.4. The summed E-state index contributed by atoms with van der Waals surface area (Å²) in [5.41, 5.74) is 0. The molecule has 54 heavy (non-hydrogen) atoms. The normalized spacial score (nSPS) is 14.8. The highest BCUT2D eigenvalue weighted by Crippen LogP contribution is 2.43. The molecular formula is C43H71O10P. The molecule has 0 bridgehead atoms. The van der Waals surface area contributed by atoms with Gasteiger partial charge in [0.1, 0.15) is 12.2 Å². The van der Waals surface area contributed by atoms with Gasteiger partial charge < -0.3 is 24.6 Å². The van der Waals surface area contributed by atoms with E-state index in [2.05, 4.69) is 80.7 Å². The van der Waals surface area contributed by atoms with Crippen molar-refractivity contribution in [3.05, 3.63) is 85.1 Å². The average Bonchev–Trinajstić information content (AvgIpc) is 3.16. The van der Waals surface area contributed by atoms with Crippen LogP contribution in [0.3, 0.4) is 0 Å². The molecule has 308 valence electrons. The summed E-state index contributed by atoms with van der Waals surface area (Å²) in [6.45, 7) is 1.94. The summed E-state index contributed by atoms with van der Waals surface area (Å²) in [7, 11) is -4.66. The Labute approximate surface area is 326 Å². The van der Waals surface area contributed by atoms with Crippen molar-refractivity contribution in [3.63, 3.8) is 0 Å². The van der Waals surface area contributed by atoms with Crippen LogP contribution in [0.2, 0.25) is 0 Å². The summed E-state index contributed by atoms with van der Waals surface area (Å²) in [4.78, 5) is 34.4. The van der Waals surface area contributed by atoms with Gasteiger partial charge in [-0.25, -0.2) is 4.57 Å². The number of esters is 2. The molecule has 3 N–H and O–H groups in total. The first-order valence-corrected chi connectivity index (χ1v) is 21.5. The van der Waals surface area contributed by atoms with Crippen molar-refractivity contribution >= 4 is 19.8 Å². The highest BCUT2D eigenvalue weighted by Gasteiger charge is 2.27. The van der Waals surface area contributed by atoms with Gasteiger partial charge in [0.15, 0.2) is 0 Å². The molecule has 0 amide bonds. The molecular weight excluding hydrogens is 707 g/mol. The van der Waals surface area contributed by atoms with Crippen molar-refractivity contribution in [1.29, 1.82) is 0 Å². The Hall–Kier alpha value is -2.85. The summed E-state index contributed by atoms with van der Waals surface area (Å²) in [6, 6.07) is 0. The van der Waals surface area contributed by atoms with Gasteiger partial charge in [0.05, 0.1) is 26.4 Å². The van der Waals surface area contributed by atoms with Crippen LogP contribution in [0.5, 0.6) is 0 Å². The molecule has 10 nitrogen and oxygen atoms in total. The number of carbonyl (C=O) groups is 2. The number of allylic oxidation sites excluding steroid dienone is 14. The first-order chi connectivity index (χ1) is 26.3. The van der Waals surface area contributed by atoms with E-state index in [1.165, 1.54) is 19.3 Å². The molecule has 0 heterocycles. The Kier molecular flexibility index (Phi) is 36.4. The SMILES string of the molecule is CC/C=C\C/C=C\C/C=C\C/C=C\C/C=C\C/C=C\CCC(=O)OC(CO)COP(=O)(O)OCC(CO)OC(=O)CCCCCCC/C=C\CCCCC. The van der Waals surface area contributed by atoms with Crippen LogP contribution < -0.4 is 0 Å². The summed E-state index contributed by atoms with van der Waals surface area (Å²) in [5, 5.41) is 19.1. The third kappa shape index (κ3) is 36.1. The fourth-order valence-corrected chi connectivity index (χ4v) is 5.56. The van der Waals surface area contributed by atoms with E-state index in [0.717, 1.165) is 77.0 Å². The summed E-state index contributed by atoms with van der Waals surface area (Å²) in [6.07, 6.45) is 44.3. The minimum Gasteiger partial charge on any atom is -0.457 e. The molecule has 0 saturated heterocycles. The zero-order valence-electron chi connectivity index (χ0n) is 33.1. The number of carbonyl (C=O) groups excluding carboxylic acids is 2. The number of rotatable bonds is 36. The van der Waals surface area contributed by atoms with E-state index < -0.39 is 58.4 Å². The molecule has 11 heteroatoms. The number of hydrogen-bond donors (Lipinski definition) is 3. The zero-order valence-corrected chi connectivity index (χ0v) is 34.0. The molecule has 3 atom stereocenters. The van der Waals surface area contributed by atoms with Crippen LogP contribution in [0.25, 0.3) is 0 Å². The molecule has 3 unspecified atom stereocenters. The van der Waals surface area contributed by atoms with E-state index in [1.807, 2.05) is 18.2 Å². The molecule has 0 rings (SSSR count). The van der Waals surface area contributed by atoms with Crippen LogP contribution in [0.15, 0.2) is 85.1 Å². The Morgan fingerprint density at radius 1 is 0.519 bits per heavy atom.